The standard InChI is InChI=1S/C69H124O6/c1-4-7-10-13-16-19-22-25-28-30-31-32-33-34-35-36-37-39-41-44-47-50-53-56-59-62-68(71)74-65-66(64-73-67(70)61-58-55-52-49-46-43-40-27-24-21-18-15-12-9-6-3)75-69(72)63-60-57-54-51-48-45-42-38-29-26-23-20-17-14-11-8-5-2/h8,11,17,20,26-27,29-31,40,66H,4-7,9-10,12-16,18-19,21-25,28,32-39,41-65H2,1-3H3/b11-8-,20-17-,29-26-,31-30-,40-27-. The van der Waals surface area contributed by atoms with Crippen molar-refractivity contribution in [2.45, 2.75) is 348 Å². The van der Waals surface area contributed by atoms with Gasteiger partial charge >= 0.3 is 17.9 Å². The molecule has 436 valence electrons. The summed E-state index contributed by atoms with van der Waals surface area (Å²) in [4.78, 5) is 38.3. The Balaban J connectivity index is 4.29. The van der Waals surface area contributed by atoms with Crippen LogP contribution in [0.3, 0.4) is 0 Å². The summed E-state index contributed by atoms with van der Waals surface area (Å²) in [6, 6.07) is 0. The molecule has 0 fully saturated rings. The Morgan fingerprint density at radius 2 is 0.520 bits per heavy atom. The summed E-state index contributed by atoms with van der Waals surface area (Å²) in [5, 5.41) is 0. The van der Waals surface area contributed by atoms with E-state index in [1.807, 2.05) is 0 Å². The number of ether oxygens (including phenoxy) is 3. The molecule has 0 aromatic carbocycles. The smallest absolute Gasteiger partial charge is 0.306 e. The minimum atomic E-state index is -0.783. The van der Waals surface area contributed by atoms with Crippen molar-refractivity contribution in [3.63, 3.8) is 0 Å². The molecule has 0 spiro atoms. The zero-order chi connectivity index (χ0) is 54.3. The third kappa shape index (κ3) is 61.8. The molecule has 1 unspecified atom stereocenters. The van der Waals surface area contributed by atoms with E-state index in [4.69, 9.17) is 14.2 Å². The first-order valence-corrected chi connectivity index (χ1v) is 32.8. The molecule has 0 heterocycles. The number of hydrogen-bond acceptors (Lipinski definition) is 6. The van der Waals surface area contributed by atoms with Crippen molar-refractivity contribution in [2.24, 2.45) is 0 Å². The van der Waals surface area contributed by atoms with Crippen LogP contribution in [0.1, 0.15) is 342 Å². The predicted octanol–water partition coefficient (Wildman–Crippen LogP) is 22.3. The zero-order valence-electron chi connectivity index (χ0n) is 50.1. The Labute approximate surface area is 466 Å². The Morgan fingerprint density at radius 3 is 0.827 bits per heavy atom. The Bertz CT molecular complexity index is 1340. The third-order valence-corrected chi connectivity index (χ3v) is 14.5. The largest absolute Gasteiger partial charge is 0.462 e. The van der Waals surface area contributed by atoms with Gasteiger partial charge in [0.1, 0.15) is 13.2 Å². The van der Waals surface area contributed by atoms with Crippen molar-refractivity contribution in [3.05, 3.63) is 60.8 Å². The van der Waals surface area contributed by atoms with Crippen LogP contribution in [0.4, 0.5) is 0 Å². The fraction of sp³-hybridized carbons (Fsp3) is 0.812. The molecule has 0 aliphatic heterocycles. The van der Waals surface area contributed by atoms with E-state index in [-0.39, 0.29) is 31.1 Å². The summed E-state index contributed by atoms with van der Waals surface area (Å²) in [5.41, 5.74) is 0. The van der Waals surface area contributed by atoms with Gasteiger partial charge in [-0.3, -0.25) is 14.4 Å². The van der Waals surface area contributed by atoms with Gasteiger partial charge in [0, 0.05) is 19.3 Å². The highest BCUT2D eigenvalue weighted by molar-refractivity contribution is 5.71. The molecule has 6 heteroatoms. The molecule has 0 aromatic rings. The molecule has 0 aliphatic rings. The SMILES string of the molecule is CC/C=C\C/C=C\C/C=C\CCCCCCCCCC(=O)OC(COC(=O)CCCCCCC/C=C\CCCCCCCC)COC(=O)CCCCCCCCCCCCCCC/C=C\CCCCCCCCCC. The van der Waals surface area contributed by atoms with E-state index in [9.17, 15) is 14.4 Å². The van der Waals surface area contributed by atoms with Crippen molar-refractivity contribution < 1.29 is 28.6 Å². The van der Waals surface area contributed by atoms with Crippen molar-refractivity contribution in [1.82, 2.24) is 0 Å². The first kappa shape index (κ1) is 72.1. The van der Waals surface area contributed by atoms with Crippen LogP contribution in [-0.4, -0.2) is 37.2 Å². The number of carbonyl (C=O) groups is 3. The van der Waals surface area contributed by atoms with Gasteiger partial charge in [0.25, 0.3) is 0 Å². The lowest BCUT2D eigenvalue weighted by molar-refractivity contribution is -0.167. The van der Waals surface area contributed by atoms with Crippen LogP contribution in [0.25, 0.3) is 0 Å². The molecule has 1 atom stereocenters. The molecule has 0 aromatic heterocycles. The number of allylic oxidation sites excluding steroid dienone is 10. The van der Waals surface area contributed by atoms with E-state index in [0.717, 1.165) is 89.9 Å². The van der Waals surface area contributed by atoms with E-state index < -0.39 is 6.10 Å². The van der Waals surface area contributed by atoms with E-state index in [1.165, 1.54) is 212 Å². The molecule has 0 saturated heterocycles. The van der Waals surface area contributed by atoms with E-state index in [0.29, 0.717) is 19.3 Å². The summed E-state index contributed by atoms with van der Waals surface area (Å²) in [6.45, 7) is 6.56. The first-order valence-electron chi connectivity index (χ1n) is 32.8. The molecule has 0 saturated carbocycles. The van der Waals surface area contributed by atoms with Gasteiger partial charge in [-0.1, -0.05) is 281 Å². The van der Waals surface area contributed by atoms with Crippen LogP contribution in [-0.2, 0) is 28.6 Å². The number of carbonyl (C=O) groups excluding carboxylic acids is 3. The molecule has 0 N–H and O–H groups in total. The second-order valence-electron chi connectivity index (χ2n) is 22.0. The monoisotopic (exact) mass is 1050 g/mol. The maximum Gasteiger partial charge on any atom is 0.306 e. The number of esters is 3. The highest BCUT2D eigenvalue weighted by atomic mass is 16.6. The first-order chi connectivity index (χ1) is 37.0. The molecule has 0 aliphatic carbocycles. The van der Waals surface area contributed by atoms with Crippen LogP contribution < -0.4 is 0 Å². The molecule has 0 amide bonds. The van der Waals surface area contributed by atoms with Crippen LogP contribution in [0.2, 0.25) is 0 Å². The summed E-state index contributed by atoms with van der Waals surface area (Å²) in [6.07, 6.45) is 80.9. The lowest BCUT2D eigenvalue weighted by Gasteiger charge is -2.18. The van der Waals surface area contributed by atoms with Crippen LogP contribution in [0.15, 0.2) is 60.8 Å². The van der Waals surface area contributed by atoms with Crippen molar-refractivity contribution in [1.29, 1.82) is 0 Å². The van der Waals surface area contributed by atoms with Gasteiger partial charge in [-0.05, 0) is 103 Å². The lowest BCUT2D eigenvalue weighted by Crippen LogP contribution is -2.30. The molecule has 0 rings (SSSR count). The fourth-order valence-corrected chi connectivity index (χ4v) is 9.57. The topological polar surface area (TPSA) is 78.9 Å². The summed E-state index contributed by atoms with van der Waals surface area (Å²) >= 11 is 0. The maximum absolute atomic E-state index is 12.9. The highest BCUT2D eigenvalue weighted by Gasteiger charge is 2.19. The van der Waals surface area contributed by atoms with Crippen molar-refractivity contribution in [2.75, 3.05) is 13.2 Å². The van der Waals surface area contributed by atoms with Gasteiger partial charge in [0.15, 0.2) is 6.10 Å². The van der Waals surface area contributed by atoms with Gasteiger partial charge in [-0.25, -0.2) is 0 Å². The van der Waals surface area contributed by atoms with Crippen molar-refractivity contribution >= 4 is 17.9 Å². The molecule has 0 bridgehead atoms. The molecule has 6 nitrogen and oxygen atoms in total. The summed E-state index contributed by atoms with van der Waals surface area (Å²) in [7, 11) is 0. The van der Waals surface area contributed by atoms with Crippen molar-refractivity contribution in [3.8, 4) is 0 Å². The third-order valence-electron chi connectivity index (χ3n) is 14.5. The number of hydrogen-bond donors (Lipinski definition) is 0. The molecular formula is C69H124O6. The van der Waals surface area contributed by atoms with Crippen LogP contribution in [0.5, 0.6) is 0 Å². The minimum absolute atomic E-state index is 0.0788. The molecule has 75 heavy (non-hydrogen) atoms. The number of rotatable bonds is 60. The van der Waals surface area contributed by atoms with Gasteiger partial charge in [-0.15, -0.1) is 0 Å². The zero-order valence-corrected chi connectivity index (χ0v) is 50.1. The minimum Gasteiger partial charge on any atom is -0.462 e. The fourth-order valence-electron chi connectivity index (χ4n) is 9.57. The second-order valence-corrected chi connectivity index (χ2v) is 22.0. The lowest BCUT2D eigenvalue weighted by atomic mass is 10.0. The normalized spacial score (nSPS) is 12.4. The Kier molecular flexibility index (Phi) is 61.2. The highest BCUT2D eigenvalue weighted by Crippen LogP contribution is 2.17. The maximum atomic E-state index is 12.9. The molecule has 0 radical (unpaired) electrons. The van der Waals surface area contributed by atoms with E-state index in [2.05, 4.69) is 81.5 Å². The predicted molar refractivity (Wildman–Crippen MR) is 325 cm³/mol. The quantitative estimate of drug-likeness (QED) is 0.0261. The van der Waals surface area contributed by atoms with E-state index in [1.54, 1.807) is 0 Å². The van der Waals surface area contributed by atoms with Gasteiger partial charge in [0.2, 0.25) is 0 Å². The Hall–Kier alpha value is -2.89. The van der Waals surface area contributed by atoms with Crippen LogP contribution >= 0.6 is 0 Å². The summed E-state index contributed by atoms with van der Waals surface area (Å²) in [5.74, 6) is -0.880. The second kappa shape index (κ2) is 63.6. The summed E-state index contributed by atoms with van der Waals surface area (Å²) < 4.78 is 16.9. The van der Waals surface area contributed by atoms with Crippen LogP contribution in [0, 0.1) is 0 Å². The van der Waals surface area contributed by atoms with Gasteiger partial charge < -0.3 is 14.2 Å². The van der Waals surface area contributed by atoms with Gasteiger partial charge in [0.05, 0.1) is 0 Å². The average molecular weight is 1050 g/mol. The average Bonchev–Trinajstić information content (AvgIpc) is 3.41. The Morgan fingerprint density at radius 1 is 0.280 bits per heavy atom. The number of unbranched alkanes of at least 4 members (excludes halogenated alkanes) is 39. The molecular weight excluding hydrogens is 925 g/mol. The van der Waals surface area contributed by atoms with Gasteiger partial charge in [-0.2, -0.15) is 0 Å². The van der Waals surface area contributed by atoms with E-state index >= 15 is 0 Å².